The minimum atomic E-state index is 0.208. The molecule has 0 aliphatic carbocycles. The van der Waals surface area contributed by atoms with E-state index in [1.165, 1.54) is 0 Å². The van der Waals surface area contributed by atoms with Gasteiger partial charge in [0.2, 0.25) is 0 Å². The van der Waals surface area contributed by atoms with Gasteiger partial charge in [-0.05, 0) is 14.1 Å². The maximum absolute atomic E-state index is 5.71. The second kappa shape index (κ2) is 2.64. The van der Waals surface area contributed by atoms with Gasteiger partial charge in [0.1, 0.15) is 0 Å². The van der Waals surface area contributed by atoms with Crippen LogP contribution >= 0.6 is 0 Å². The zero-order valence-corrected chi connectivity index (χ0v) is 6.00. The van der Waals surface area contributed by atoms with Crippen molar-refractivity contribution in [1.29, 1.82) is 0 Å². The summed E-state index contributed by atoms with van der Waals surface area (Å²) in [6.45, 7) is 1.50. The van der Waals surface area contributed by atoms with E-state index < -0.39 is 0 Å². The largest absolute Gasteiger partial charge is 0.378 e. The second-order valence-corrected chi connectivity index (χ2v) is 2.73. The van der Waals surface area contributed by atoms with E-state index in [1.807, 2.05) is 14.1 Å². The van der Waals surface area contributed by atoms with Crippen molar-refractivity contribution in [3.8, 4) is 0 Å². The summed E-state index contributed by atoms with van der Waals surface area (Å²) in [5.74, 6) is 0. The van der Waals surface area contributed by atoms with Gasteiger partial charge in [-0.25, -0.2) is 0 Å². The lowest BCUT2D eigenvalue weighted by Gasteiger charge is -2.20. The van der Waals surface area contributed by atoms with Crippen molar-refractivity contribution >= 4 is 0 Å². The summed E-state index contributed by atoms with van der Waals surface area (Å²) in [5.41, 5.74) is 5.71. The molecule has 2 N–H and O–H groups in total. The molecule has 2 atom stereocenters. The van der Waals surface area contributed by atoms with E-state index in [1.54, 1.807) is 0 Å². The van der Waals surface area contributed by atoms with Crippen molar-refractivity contribution in [2.75, 3.05) is 27.3 Å². The predicted octanol–water partition coefficient (Wildman–Crippen LogP) is -0.726. The maximum atomic E-state index is 5.71. The van der Waals surface area contributed by atoms with E-state index in [0.29, 0.717) is 12.6 Å². The lowest BCUT2D eigenvalue weighted by Crippen LogP contribution is -2.43. The monoisotopic (exact) mass is 130 g/mol. The Labute approximate surface area is 55.8 Å². The van der Waals surface area contributed by atoms with Gasteiger partial charge >= 0.3 is 0 Å². The van der Waals surface area contributed by atoms with Crippen molar-refractivity contribution in [2.24, 2.45) is 5.73 Å². The Hall–Kier alpha value is -0.120. The minimum absolute atomic E-state index is 0.208. The molecule has 54 valence electrons. The first kappa shape index (κ1) is 6.99. The maximum Gasteiger partial charge on any atom is 0.0638 e. The van der Waals surface area contributed by atoms with Gasteiger partial charge in [0.25, 0.3) is 0 Å². The van der Waals surface area contributed by atoms with Crippen molar-refractivity contribution in [2.45, 2.75) is 12.1 Å². The number of ether oxygens (including phenoxy) is 1. The van der Waals surface area contributed by atoms with Crippen molar-refractivity contribution in [3.05, 3.63) is 0 Å². The molecule has 1 fully saturated rings. The highest BCUT2D eigenvalue weighted by Crippen LogP contribution is 2.06. The fourth-order valence-corrected chi connectivity index (χ4v) is 1.09. The van der Waals surface area contributed by atoms with Crippen LogP contribution in [0.15, 0.2) is 0 Å². The van der Waals surface area contributed by atoms with E-state index in [0.717, 1.165) is 6.61 Å². The Morgan fingerprint density at radius 2 is 2.11 bits per heavy atom. The highest BCUT2D eigenvalue weighted by molar-refractivity contribution is 4.83. The fraction of sp³-hybridized carbons (Fsp3) is 1.00. The molecule has 1 saturated heterocycles. The molecule has 0 unspecified atom stereocenters. The van der Waals surface area contributed by atoms with E-state index in [4.69, 9.17) is 10.5 Å². The number of hydrogen-bond acceptors (Lipinski definition) is 3. The Balaban J connectivity index is 2.40. The van der Waals surface area contributed by atoms with Gasteiger partial charge in [-0.3, -0.25) is 0 Å². The Morgan fingerprint density at radius 1 is 1.44 bits per heavy atom. The fourth-order valence-electron chi connectivity index (χ4n) is 1.09. The summed E-state index contributed by atoms with van der Waals surface area (Å²) in [6, 6.07) is 0.630. The van der Waals surface area contributed by atoms with Gasteiger partial charge in [0.05, 0.1) is 13.2 Å². The normalized spacial score (nSPS) is 36.0. The van der Waals surface area contributed by atoms with Crippen LogP contribution in [0.25, 0.3) is 0 Å². The summed E-state index contributed by atoms with van der Waals surface area (Å²) in [4.78, 5) is 2.11. The molecule has 1 heterocycles. The molecule has 9 heavy (non-hydrogen) atoms. The van der Waals surface area contributed by atoms with E-state index >= 15 is 0 Å². The lowest BCUT2D eigenvalue weighted by molar-refractivity contribution is 0.170. The van der Waals surface area contributed by atoms with Crippen LogP contribution in [0.1, 0.15) is 0 Å². The van der Waals surface area contributed by atoms with E-state index in [9.17, 15) is 0 Å². The molecule has 3 heteroatoms. The van der Waals surface area contributed by atoms with Crippen LogP contribution in [0, 0.1) is 0 Å². The molecule has 3 nitrogen and oxygen atoms in total. The SMILES string of the molecule is CN(C)[C@@H]1COC[C@H]1N. The van der Waals surface area contributed by atoms with Gasteiger partial charge < -0.3 is 15.4 Å². The summed E-state index contributed by atoms with van der Waals surface area (Å²) in [7, 11) is 4.05. The van der Waals surface area contributed by atoms with Gasteiger partial charge in [-0.2, -0.15) is 0 Å². The number of hydrogen-bond donors (Lipinski definition) is 1. The molecule has 0 bridgehead atoms. The van der Waals surface area contributed by atoms with Crippen LogP contribution in [0.2, 0.25) is 0 Å². The van der Waals surface area contributed by atoms with Gasteiger partial charge in [0.15, 0.2) is 0 Å². The zero-order chi connectivity index (χ0) is 6.85. The first-order valence-electron chi connectivity index (χ1n) is 3.21. The predicted molar refractivity (Wildman–Crippen MR) is 36.3 cm³/mol. The standard InChI is InChI=1S/C6H14N2O/c1-8(2)6-4-9-3-5(6)7/h5-6H,3-4,7H2,1-2H3/t5-,6-/m1/s1. The molecule has 1 aliphatic rings. The average molecular weight is 130 g/mol. The Kier molecular flexibility index (Phi) is 2.05. The van der Waals surface area contributed by atoms with Gasteiger partial charge in [0, 0.05) is 12.1 Å². The van der Waals surface area contributed by atoms with E-state index in [-0.39, 0.29) is 6.04 Å². The minimum Gasteiger partial charge on any atom is -0.378 e. The third kappa shape index (κ3) is 1.41. The first-order chi connectivity index (χ1) is 4.22. The number of likely N-dealkylation sites (N-methyl/N-ethyl adjacent to an activating group) is 1. The third-order valence-electron chi connectivity index (χ3n) is 1.76. The quantitative estimate of drug-likeness (QED) is 0.509. The highest BCUT2D eigenvalue weighted by Gasteiger charge is 2.25. The van der Waals surface area contributed by atoms with Crippen LogP contribution in [-0.4, -0.2) is 44.3 Å². The molecule has 0 spiro atoms. The summed E-state index contributed by atoms with van der Waals surface area (Å²) in [5, 5.41) is 0. The molecular weight excluding hydrogens is 116 g/mol. The average Bonchev–Trinajstić information content (AvgIpc) is 2.13. The third-order valence-corrected chi connectivity index (χ3v) is 1.76. The molecule has 0 aromatic carbocycles. The molecule has 0 radical (unpaired) electrons. The number of nitrogens with zero attached hydrogens (tertiary/aromatic N) is 1. The molecular formula is C6H14N2O. The molecule has 1 aliphatic heterocycles. The lowest BCUT2D eigenvalue weighted by atomic mass is 10.2. The van der Waals surface area contributed by atoms with Crippen LogP contribution in [0.4, 0.5) is 0 Å². The summed E-state index contributed by atoms with van der Waals surface area (Å²) >= 11 is 0. The Morgan fingerprint density at radius 3 is 2.33 bits per heavy atom. The van der Waals surface area contributed by atoms with Crippen LogP contribution < -0.4 is 5.73 Å². The molecule has 1 rings (SSSR count). The summed E-state index contributed by atoms with van der Waals surface area (Å²) < 4.78 is 5.16. The molecule has 0 saturated carbocycles. The number of rotatable bonds is 1. The number of nitrogens with two attached hydrogens (primary N) is 1. The molecule has 0 amide bonds. The highest BCUT2D eigenvalue weighted by atomic mass is 16.5. The van der Waals surface area contributed by atoms with Crippen LogP contribution in [0.5, 0.6) is 0 Å². The van der Waals surface area contributed by atoms with Crippen molar-refractivity contribution in [3.63, 3.8) is 0 Å². The van der Waals surface area contributed by atoms with Crippen molar-refractivity contribution in [1.82, 2.24) is 4.90 Å². The summed E-state index contributed by atoms with van der Waals surface area (Å²) in [6.07, 6.45) is 0. The van der Waals surface area contributed by atoms with E-state index in [2.05, 4.69) is 4.90 Å². The second-order valence-electron chi connectivity index (χ2n) is 2.73. The Bertz CT molecular complexity index is 95.1. The first-order valence-corrected chi connectivity index (χ1v) is 3.21. The van der Waals surface area contributed by atoms with Gasteiger partial charge in [-0.15, -0.1) is 0 Å². The molecule has 0 aromatic rings. The van der Waals surface area contributed by atoms with Gasteiger partial charge in [-0.1, -0.05) is 0 Å². The zero-order valence-electron chi connectivity index (χ0n) is 6.00. The van der Waals surface area contributed by atoms with Crippen LogP contribution in [-0.2, 0) is 4.74 Å². The smallest absolute Gasteiger partial charge is 0.0638 e. The topological polar surface area (TPSA) is 38.5 Å². The van der Waals surface area contributed by atoms with Crippen LogP contribution in [0.3, 0.4) is 0 Å². The van der Waals surface area contributed by atoms with Crippen molar-refractivity contribution < 1.29 is 4.74 Å². The molecule has 0 aromatic heterocycles.